The number of carbonyl (C=O) groups excluding carboxylic acids is 2. The van der Waals surface area contributed by atoms with Crippen LogP contribution in [0.1, 0.15) is 42.6 Å². The number of carbonyl (C=O) groups is 2. The molecule has 5 heteroatoms. The summed E-state index contributed by atoms with van der Waals surface area (Å²) >= 11 is 0. The minimum atomic E-state index is -0.459. The van der Waals surface area contributed by atoms with E-state index in [0.717, 1.165) is 12.0 Å². The number of rotatable bonds is 7. The molecule has 3 N–H and O–H groups in total. The van der Waals surface area contributed by atoms with Gasteiger partial charge >= 0.3 is 5.97 Å². The van der Waals surface area contributed by atoms with Crippen molar-refractivity contribution in [1.82, 2.24) is 5.32 Å². The number of benzene rings is 1. The largest absolute Gasteiger partial charge is 0.462 e. The van der Waals surface area contributed by atoms with Crippen molar-refractivity contribution in [1.29, 1.82) is 0 Å². The molecule has 110 valence electrons. The smallest absolute Gasteiger partial charge is 0.338 e. The van der Waals surface area contributed by atoms with Crippen LogP contribution in [0.2, 0.25) is 0 Å². The van der Waals surface area contributed by atoms with Gasteiger partial charge in [-0.3, -0.25) is 4.79 Å². The summed E-state index contributed by atoms with van der Waals surface area (Å²) in [4.78, 5) is 23.1. The maximum atomic E-state index is 11.7. The Morgan fingerprint density at radius 2 is 1.90 bits per heavy atom. The Hall–Kier alpha value is -1.88. The van der Waals surface area contributed by atoms with Crippen LogP contribution in [-0.2, 0) is 16.1 Å². The number of nitrogens with one attached hydrogen (secondary N) is 1. The molecule has 1 aromatic carbocycles. The Morgan fingerprint density at radius 3 is 2.45 bits per heavy atom. The Kier molecular flexibility index (Phi) is 6.73. The van der Waals surface area contributed by atoms with Crippen molar-refractivity contribution in [2.24, 2.45) is 5.73 Å². The van der Waals surface area contributed by atoms with Crippen LogP contribution in [0.4, 0.5) is 0 Å². The van der Waals surface area contributed by atoms with E-state index >= 15 is 0 Å². The average Bonchev–Trinajstić information content (AvgIpc) is 2.45. The van der Waals surface area contributed by atoms with E-state index in [0.29, 0.717) is 25.1 Å². The van der Waals surface area contributed by atoms with Gasteiger partial charge in [-0.1, -0.05) is 25.5 Å². The zero-order valence-corrected chi connectivity index (χ0v) is 12.0. The Bertz CT molecular complexity index is 443. The number of hydrogen-bond acceptors (Lipinski definition) is 4. The first-order valence-corrected chi connectivity index (χ1v) is 6.87. The molecule has 1 aromatic rings. The summed E-state index contributed by atoms with van der Waals surface area (Å²) in [5, 5.41) is 2.78. The molecular weight excluding hydrogens is 256 g/mol. The van der Waals surface area contributed by atoms with Crippen LogP contribution in [0.5, 0.6) is 0 Å². The normalized spacial score (nSPS) is 11.8. The first-order chi connectivity index (χ1) is 9.58. The van der Waals surface area contributed by atoms with Crippen molar-refractivity contribution in [3.05, 3.63) is 35.4 Å². The lowest BCUT2D eigenvalue weighted by atomic mass is 10.1. The molecule has 0 radical (unpaired) electrons. The van der Waals surface area contributed by atoms with Crippen molar-refractivity contribution >= 4 is 11.9 Å². The van der Waals surface area contributed by atoms with Crippen molar-refractivity contribution < 1.29 is 14.3 Å². The molecule has 0 aliphatic heterocycles. The molecule has 0 heterocycles. The van der Waals surface area contributed by atoms with Crippen LogP contribution < -0.4 is 11.1 Å². The van der Waals surface area contributed by atoms with Crippen LogP contribution in [0.15, 0.2) is 24.3 Å². The van der Waals surface area contributed by atoms with E-state index in [4.69, 9.17) is 10.5 Å². The third-order valence-corrected chi connectivity index (χ3v) is 2.87. The second-order valence-corrected chi connectivity index (χ2v) is 4.53. The summed E-state index contributed by atoms with van der Waals surface area (Å²) in [6.45, 7) is 4.51. The summed E-state index contributed by atoms with van der Waals surface area (Å²) in [6.07, 6.45) is 1.55. The zero-order chi connectivity index (χ0) is 15.0. The van der Waals surface area contributed by atoms with Crippen LogP contribution in [0, 0.1) is 0 Å². The third-order valence-electron chi connectivity index (χ3n) is 2.87. The highest BCUT2D eigenvalue weighted by molar-refractivity contribution is 5.89. The molecule has 0 aliphatic carbocycles. The maximum Gasteiger partial charge on any atom is 0.338 e. The Balaban J connectivity index is 2.49. The molecule has 0 aromatic heterocycles. The van der Waals surface area contributed by atoms with Crippen molar-refractivity contribution in [2.45, 2.75) is 39.3 Å². The fraction of sp³-hybridized carbons (Fsp3) is 0.467. The van der Waals surface area contributed by atoms with Crippen molar-refractivity contribution in [3.8, 4) is 0 Å². The van der Waals surface area contributed by atoms with Crippen LogP contribution >= 0.6 is 0 Å². The summed E-state index contributed by atoms with van der Waals surface area (Å²) in [5.41, 5.74) is 7.13. The van der Waals surface area contributed by atoms with Gasteiger partial charge < -0.3 is 15.8 Å². The second-order valence-electron chi connectivity index (χ2n) is 4.53. The van der Waals surface area contributed by atoms with E-state index in [1.54, 1.807) is 31.2 Å². The molecule has 20 heavy (non-hydrogen) atoms. The predicted molar refractivity (Wildman–Crippen MR) is 77.1 cm³/mol. The highest BCUT2D eigenvalue weighted by Crippen LogP contribution is 2.06. The molecule has 1 atom stereocenters. The van der Waals surface area contributed by atoms with Crippen LogP contribution in [0.25, 0.3) is 0 Å². The fourth-order valence-electron chi connectivity index (χ4n) is 1.74. The summed E-state index contributed by atoms with van der Waals surface area (Å²) < 4.78 is 4.90. The third kappa shape index (κ3) is 5.01. The number of nitrogens with two attached hydrogens (primary N) is 1. The lowest BCUT2D eigenvalue weighted by molar-refractivity contribution is -0.122. The quantitative estimate of drug-likeness (QED) is 0.742. The number of amides is 1. The van der Waals surface area contributed by atoms with Gasteiger partial charge in [0.15, 0.2) is 0 Å². The highest BCUT2D eigenvalue weighted by Gasteiger charge is 2.11. The maximum absolute atomic E-state index is 11.7. The molecule has 1 amide bonds. The number of ether oxygens (including phenoxy) is 1. The first-order valence-electron chi connectivity index (χ1n) is 6.87. The average molecular weight is 278 g/mol. The molecule has 1 rings (SSSR count). The predicted octanol–water partition coefficient (Wildman–Crippen LogP) is 1.61. The van der Waals surface area contributed by atoms with Crippen LogP contribution in [-0.4, -0.2) is 24.5 Å². The number of hydrogen-bond donors (Lipinski definition) is 2. The van der Waals surface area contributed by atoms with Crippen molar-refractivity contribution in [3.63, 3.8) is 0 Å². The standard InChI is InChI=1S/C15H22N2O3/c1-3-5-13(16)14(18)17-10-11-6-8-12(9-7-11)15(19)20-4-2/h6-9,13H,3-5,10,16H2,1-2H3,(H,17,18). The molecule has 0 saturated carbocycles. The van der Waals surface area contributed by atoms with Gasteiger partial charge in [0.1, 0.15) is 0 Å². The Labute approximate surface area is 119 Å². The van der Waals surface area contributed by atoms with E-state index in [2.05, 4.69) is 5.32 Å². The minimum absolute atomic E-state index is 0.152. The van der Waals surface area contributed by atoms with Crippen LogP contribution in [0.3, 0.4) is 0 Å². The monoisotopic (exact) mass is 278 g/mol. The fourth-order valence-corrected chi connectivity index (χ4v) is 1.74. The SMILES string of the molecule is CCCC(N)C(=O)NCc1ccc(C(=O)OCC)cc1. The van der Waals surface area contributed by atoms with Gasteiger partial charge in [-0.2, -0.15) is 0 Å². The molecule has 5 nitrogen and oxygen atoms in total. The van der Waals surface area contributed by atoms with E-state index in [-0.39, 0.29) is 11.9 Å². The molecule has 0 spiro atoms. The molecule has 0 bridgehead atoms. The molecule has 1 unspecified atom stereocenters. The van der Waals surface area contributed by atoms with Gasteiger partial charge in [-0.25, -0.2) is 4.79 Å². The minimum Gasteiger partial charge on any atom is -0.462 e. The van der Waals surface area contributed by atoms with E-state index in [1.807, 2.05) is 6.92 Å². The summed E-state index contributed by atoms with van der Waals surface area (Å²) in [5.74, 6) is -0.491. The first kappa shape index (κ1) is 16.2. The Morgan fingerprint density at radius 1 is 1.25 bits per heavy atom. The topological polar surface area (TPSA) is 81.4 Å². The molecule has 0 fully saturated rings. The molecule has 0 aliphatic rings. The van der Waals surface area contributed by atoms with Gasteiger partial charge in [-0.15, -0.1) is 0 Å². The summed E-state index contributed by atoms with van der Waals surface area (Å²) in [7, 11) is 0. The second kappa shape index (κ2) is 8.32. The van der Waals surface area contributed by atoms with Gasteiger partial charge in [0, 0.05) is 6.54 Å². The van der Waals surface area contributed by atoms with Gasteiger partial charge in [-0.05, 0) is 31.0 Å². The lowest BCUT2D eigenvalue weighted by Crippen LogP contribution is -2.40. The lowest BCUT2D eigenvalue weighted by Gasteiger charge is -2.11. The van der Waals surface area contributed by atoms with Gasteiger partial charge in [0.05, 0.1) is 18.2 Å². The van der Waals surface area contributed by atoms with E-state index < -0.39 is 6.04 Å². The van der Waals surface area contributed by atoms with Crippen molar-refractivity contribution in [2.75, 3.05) is 6.61 Å². The zero-order valence-electron chi connectivity index (χ0n) is 12.0. The summed E-state index contributed by atoms with van der Waals surface area (Å²) in [6, 6.07) is 6.49. The van der Waals surface area contributed by atoms with E-state index in [9.17, 15) is 9.59 Å². The molecule has 0 saturated heterocycles. The van der Waals surface area contributed by atoms with E-state index in [1.165, 1.54) is 0 Å². The highest BCUT2D eigenvalue weighted by atomic mass is 16.5. The van der Waals surface area contributed by atoms with Gasteiger partial charge in [0.25, 0.3) is 0 Å². The number of esters is 1. The van der Waals surface area contributed by atoms with Gasteiger partial charge in [0.2, 0.25) is 5.91 Å². The molecular formula is C15H22N2O3.